The van der Waals surface area contributed by atoms with E-state index in [9.17, 15) is 4.79 Å². The van der Waals surface area contributed by atoms with Crippen molar-refractivity contribution in [2.75, 3.05) is 18.2 Å². The van der Waals surface area contributed by atoms with E-state index >= 15 is 0 Å². The van der Waals surface area contributed by atoms with Crippen LogP contribution in [0.3, 0.4) is 0 Å². The zero-order chi connectivity index (χ0) is 14.7. The summed E-state index contributed by atoms with van der Waals surface area (Å²) in [4.78, 5) is 12.2. The predicted molar refractivity (Wildman–Crippen MR) is 84.2 cm³/mol. The number of rotatable bonds is 3. The molecule has 0 aromatic heterocycles. The molecule has 0 bridgehead atoms. The summed E-state index contributed by atoms with van der Waals surface area (Å²) in [6.45, 7) is 1.97. The van der Waals surface area contributed by atoms with Gasteiger partial charge in [-0.05, 0) is 36.8 Å². The molecule has 0 atom stereocenters. The van der Waals surface area contributed by atoms with Gasteiger partial charge in [-0.2, -0.15) is 0 Å². The molecule has 2 rings (SSSR count). The van der Waals surface area contributed by atoms with Crippen molar-refractivity contribution in [2.24, 2.45) is 0 Å². The minimum atomic E-state index is -0.206. The first-order valence-corrected chi connectivity index (χ1v) is 6.81. The third kappa shape index (κ3) is 3.11. The lowest BCUT2D eigenvalue weighted by Crippen LogP contribution is -2.13. The maximum atomic E-state index is 12.2. The maximum Gasteiger partial charge on any atom is 0.255 e. The summed E-state index contributed by atoms with van der Waals surface area (Å²) in [7, 11) is 1.57. The molecule has 0 fully saturated rings. The Balaban J connectivity index is 2.21. The molecule has 0 unspecified atom stereocenters. The highest BCUT2D eigenvalue weighted by Crippen LogP contribution is 2.25. The van der Waals surface area contributed by atoms with Crippen LogP contribution in [0.15, 0.2) is 40.9 Å². The number of aryl methyl sites for hydroxylation is 1. The normalized spacial score (nSPS) is 10.2. The molecule has 0 aliphatic carbocycles. The lowest BCUT2D eigenvalue weighted by Gasteiger charge is -2.10. The second kappa shape index (κ2) is 5.96. The van der Waals surface area contributed by atoms with Crippen molar-refractivity contribution in [3.05, 3.63) is 52.0 Å². The molecule has 1 amide bonds. The Hall–Kier alpha value is -2.01. The number of hydrogen-bond donors (Lipinski definition) is 2. The average molecular weight is 335 g/mol. The number of nitrogens with two attached hydrogens (primary N) is 1. The largest absolute Gasteiger partial charge is 0.497 e. The highest BCUT2D eigenvalue weighted by Gasteiger charge is 2.10. The summed E-state index contributed by atoms with van der Waals surface area (Å²) >= 11 is 3.41. The monoisotopic (exact) mass is 334 g/mol. The van der Waals surface area contributed by atoms with Crippen LogP contribution < -0.4 is 15.8 Å². The standard InChI is InChI=1S/C15H15BrN2O2/c1-9-3-4-10(7-12(9)16)15(19)18-14-6-5-11(20-2)8-13(14)17/h3-8H,17H2,1-2H3,(H,18,19). The number of hydrogen-bond acceptors (Lipinski definition) is 3. The molecule has 5 heteroatoms. The Bertz CT molecular complexity index is 656. The summed E-state index contributed by atoms with van der Waals surface area (Å²) in [5, 5.41) is 2.78. The number of benzene rings is 2. The molecule has 0 aliphatic rings. The van der Waals surface area contributed by atoms with Crippen LogP contribution in [0.25, 0.3) is 0 Å². The highest BCUT2D eigenvalue weighted by atomic mass is 79.9. The van der Waals surface area contributed by atoms with Crippen molar-refractivity contribution < 1.29 is 9.53 Å². The average Bonchev–Trinajstić information content (AvgIpc) is 2.43. The molecule has 0 radical (unpaired) electrons. The SMILES string of the molecule is COc1ccc(NC(=O)c2ccc(C)c(Br)c2)c(N)c1. The van der Waals surface area contributed by atoms with Crippen molar-refractivity contribution in [3.63, 3.8) is 0 Å². The fourth-order valence-corrected chi connectivity index (χ4v) is 2.09. The van der Waals surface area contributed by atoms with Crippen molar-refractivity contribution in [2.45, 2.75) is 6.92 Å². The molecule has 0 saturated carbocycles. The molecule has 104 valence electrons. The highest BCUT2D eigenvalue weighted by molar-refractivity contribution is 9.10. The van der Waals surface area contributed by atoms with Crippen LogP contribution in [-0.2, 0) is 0 Å². The number of carbonyl (C=O) groups excluding carboxylic acids is 1. The lowest BCUT2D eigenvalue weighted by atomic mass is 10.1. The van der Waals surface area contributed by atoms with Gasteiger partial charge >= 0.3 is 0 Å². The van der Waals surface area contributed by atoms with Crippen LogP contribution in [0.2, 0.25) is 0 Å². The predicted octanol–water partition coefficient (Wildman–Crippen LogP) is 3.60. The Morgan fingerprint density at radius 3 is 2.60 bits per heavy atom. The van der Waals surface area contributed by atoms with Gasteiger partial charge in [-0.15, -0.1) is 0 Å². The molecule has 3 N–H and O–H groups in total. The van der Waals surface area contributed by atoms with Gasteiger partial charge in [0, 0.05) is 16.1 Å². The van der Waals surface area contributed by atoms with E-state index in [2.05, 4.69) is 21.2 Å². The van der Waals surface area contributed by atoms with E-state index in [4.69, 9.17) is 10.5 Å². The van der Waals surface area contributed by atoms with Crippen molar-refractivity contribution in [1.82, 2.24) is 0 Å². The zero-order valence-electron chi connectivity index (χ0n) is 11.2. The fourth-order valence-electron chi connectivity index (χ4n) is 1.71. The summed E-state index contributed by atoms with van der Waals surface area (Å²) in [6.07, 6.45) is 0. The van der Waals surface area contributed by atoms with Crippen molar-refractivity contribution in [3.8, 4) is 5.75 Å². The smallest absolute Gasteiger partial charge is 0.255 e. The van der Waals surface area contributed by atoms with E-state index in [1.807, 2.05) is 13.0 Å². The second-order valence-corrected chi connectivity index (χ2v) is 5.23. The topological polar surface area (TPSA) is 64.3 Å². The van der Waals surface area contributed by atoms with Crippen molar-refractivity contribution >= 4 is 33.2 Å². The first-order chi connectivity index (χ1) is 9.51. The Morgan fingerprint density at radius 2 is 2.00 bits per heavy atom. The van der Waals surface area contributed by atoms with Crippen LogP contribution in [0.1, 0.15) is 15.9 Å². The van der Waals surface area contributed by atoms with Crippen LogP contribution in [-0.4, -0.2) is 13.0 Å². The molecule has 2 aromatic carbocycles. The van der Waals surface area contributed by atoms with Crippen LogP contribution in [0.4, 0.5) is 11.4 Å². The molecule has 0 heterocycles. The third-order valence-corrected chi connectivity index (χ3v) is 3.80. The van der Waals surface area contributed by atoms with E-state index in [-0.39, 0.29) is 5.91 Å². The number of amides is 1. The number of carbonyl (C=O) groups is 1. The Morgan fingerprint density at radius 1 is 1.25 bits per heavy atom. The van der Waals surface area contributed by atoms with E-state index in [0.29, 0.717) is 22.7 Å². The summed E-state index contributed by atoms with van der Waals surface area (Å²) in [5.41, 5.74) is 8.54. The van der Waals surface area contributed by atoms with Crippen LogP contribution >= 0.6 is 15.9 Å². The molecular formula is C15H15BrN2O2. The second-order valence-electron chi connectivity index (χ2n) is 4.37. The van der Waals surface area contributed by atoms with Gasteiger partial charge in [-0.25, -0.2) is 0 Å². The zero-order valence-corrected chi connectivity index (χ0v) is 12.8. The van der Waals surface area contributed by atoms with Gasteiger partial charge in [-0.1, -0.05) is 22.0 Å². The van der Waals surface area contributed by atoms with Crippen molar-refractivity contribution in [1.29, 1.82) is 0 Å². The summed E-state index contributed by atoms with van der Waals surface area (Å²) < 4.78 is 5.97. The Labute approximate surface area is 126 Å². The maximum absolute atomic E-state index is 12.2. The molecule has 0 saturated heterocycles. The fraction of sp³-hybridized carbons (Fsp3) is 0.133. The van der Waals surface area contributed by atoms with Gasteiger partial charge in [0.2, 0.25) is 0 Å². The van der Waals surface area contributed by atoms with Gasteiger partial charge < -0.3 is 15.8 Å². The lowest BCUT2D eigenvalue weighted by molar-refractivity contribution is 0.102. The number of methoxy groups -OCH3 is 1. The first-order valence-electron chi connectivity index (χ1n) is 6.02. The number of halogens is 1. The summed E-state index contributed by atoms with van der Waals surface area (Å²) in [6, 6.07) is 10.6. The first kappa shape index (κ1) is 14.4. The molecule has 0 spiro atoms. The molecule has 0 aliphatic heterocycles. The van der Waals surface area contributed by atoms with Crippen LogP contribution in [0.5, 0.6) is 5.75 Å². The van der Waals surface area contributed by atoms with Gasteiger partial charge in [0.25, 0.3) is 5.91 Å². The van der Waals surface area contributed by atoms with E-state index in [1.165, 1.54) is 0 Å². The molecule has 4 nitrogen and oxygen atoms in total. The minimum Gasteiger partial charge on any atom is -0.497 e. The molecular weight excluding hydrogens is 320 g/mol. The van der Waals surface area contributed by atoms with Gasteiger partial charge in [0.1, 0.15) is 5.75 Å². The number of anilines is 2. The quantitative estimate of drug-likeness (QED) is 0.843. The third-order valence-electron chi connectivity index (χ3n) is 2.94. The van der Waals surface area contributed by atoms with Gasteiger partial charge in [0.15, 0.2) is 0 Å². The number of ether oxygens (including phenoxy) is 1. The van der Waals surface area contributed by atoms with E-state index in [1.54, 1.807) is 37.4 Å². The minimum absolute atomic E-state index is 0.206. The summed E-state index contributed by atoms with van der Waals surface area (Å²) in [5.74, 6) is 0.446. The number of nitrogens with one attached hydrogen (secondary N) is 1. The molecule has 2 aromatic rings. The Kier molecular flexibility index (Phi) is 4.29. The van der Waals surface area contributed by atoms with E-state index in [0.717, 1.165) is 10.0 Å². The van der Waals surface area contributed by atoms with Gasteiger partial charge in [0.05, 0.1) is 18.5 Å². The van der Waals surface area contributed by atoms with E-state index < -0.39 is 0 Å². The van der Waals surface area contributed by atoms with Gasteiger partial charge in [-0.3, -0.25) is 4.79 Å². The van der Waals surface area contributed by atoms with Crippen LogP contribution in [0, 0.1) is 6.92 Å². The molecule has 20 heavy (non-hydrogen) atoms. The number of nitrogen functional groups attached to an aromatic ring is 1.